The van der Waals surface area contributed by atoms with Crippen LogP contribution in [0, 0.1) is 6.92 Å². The molecule has 2 aliphatic rings. The van der Waals surface area contributed by atoms with Crippen molar-refractivity contribution < 1.29 is 24.2 Å². The molecule has 0 aliphatic carbocycles. The number of aliphatic hydroxyl groups excluding tert-OH is 1. The number of carbonyl (C=O) groups is 2. The maximum absolute atomic E-state index is 13.6. The van der Waals surface area contributed by atoms with E-state index >= 15 is 0 Å². The van der Waals surface area contributed by atoms with Crippen molar-refractivity contribution >= 4 is 44.1 Å². The molecule has 0 bridgehead atoms. The van der Waals surface area contributed by atoms with Crippen molar-refractivity contribution in [1.29, 1.82) is 0 Å². The molecule has 1 fully saturated rings. The lowest BCUT2D eigenvalue weighted by atomic mass is 9.94. The predicted molar refractivity (Wildman–Crippen MR) is 147 cm³/mol. The first-order chi connectivity index (χ1) is 18.3. The number of aryl methyl sites for hydroxylation is 1. The molecule has 6 rings (SSSR count). The van der Waals surface area contributed by atoms with Gasteiger partial charge in [-0.1, -0.05) is 29.5 Å². The minimum atomic E-state index is -0.875. The number of hydrogen-bond donors (Lipinski definition) is 1. The van der Waals surface area contributed by atoms with Gasteiger partial charge in [0.25, 0.3) is 5.78 Å². The number of hydrogen-bond acceptors (Lipinski definition) is 7. The summed E-state index contributed by atoms with van der Waals surface area (Å²) in [6, 6.07) is 17.6. The summed E-state index contributed by atoms with van der Waals surface area (Å²) in [4.78, 5) is 33.2. The molecule has 7 nitrogen and oxygen atoms in total. The van der Waals surface area contributed by atoms with E-state index in [1.165, 1.54) is 16.2 Å². The minimum absolute atomic E-state index is 0.0194. The molecule has 3 aromatic carbocycles. The van der Waals surface area contributed by atoms with Gasteiger partial charge in [0.15, 0.2) is 5.13 Å². The van der Waals surface area contributed by atoms with E-state index in [9.17, 15) is 14.7 Å². The fourth-order valence-corrected chi connectivity index (χ4v) is 6.22. The molecule has 0 spiro atoms. The molecule has 3 heterocycles. The van der Waals surface area contributed by atoms with Gasteiger partial charge in [-0.3, -0.25) is 14.5 Å². The Morgan fingerprint density at radius 2 is 2.00 bits per heavy atom. The quantitative estimate of drug-likeness (QED) is 0.196. The average Bonchev–Trinajstić information content (AvgIpc) is 3.56. The fourth-order valence-electron chi connectivity index (χ4n) is 5.13. The van der Waals surface area contributed by atoms with Crippen molar-refractivity contribution in [2.45, 2.75) is 39.3 Å². The molecule has 2 aliphatic heterocycles. The van der Waals surface area contributed by atoms with E-state index in [-0.39, 0.29) is 17.4 Å². The van der Waals surface area contributed by atoms with Gasteiger partial charge >= 0.3 is 5.91 Å². The van der Waals surface area contributed by atoms with Crippen LogP contribution in [0.4, 0.5) is 5.13 Å². The number of benzene rings is 3. The lowest BCUT2D eigenvalue weighted by Gasteiger charge is -2.23. The zero-order chi connectivity index (χ0) is 26.6. The van der Waals surface area contributed by atoms with Crippen LogP contribution >= 0.6 is 11.3 Å². The van der Waals surface area contributed by atoms with Gasteiger partial charge in [0.1, 0.15) is 23.4 Å². The molecule has 4 aromatic rings. The van der Waals surface area contributed by atoms with Crippen molar-refractivity contribution in [3.05, 3.63) is 88.5 Å². The van der Waals surface area contributed by atoms with Crippen molar-refractivity contribution in [2.75, 3.05) is 11.5 Å². The average molecular weight is 527 g/mol. The number of nitrogens with zero attached hydrogens (tertiary/aromatic N) is 2. The standard InChI is InChI=1S/C30H26N2O5S/c1-4-36-21-7-5-6-18(15-21)26-25(27(33)19-9-11-23-20(14-19)13-17(3)37-23)28(34)29(35)32(26)30-31-22-10-8-16(2)12-24(22)38-30/h5-12,14-15,17,26,33H,4,13H2,1-3H3/t17-,26+/m1/s1. The third kappa shape index (κ3) is 4.01. The first-order valence-electron chi connectivity index (χ1n) is 12.5. The number of ketones is 1. The maximum atomic E-state index is 13.6. The second kappa shape index (κ2) is 9.29. The van der Waals surface area contributed by atoms with Gasteiger partial charge in [0.05, 0.1) is 28.4 Å². The number of aromatic nitrogens is 1. The van der Waals surface area contributed by atoms with Crippen LogP contribution in [0.3, 0.4) is 0 Å². The number of anilines is 1. The van der Waals surface area contributed by atoms with Crippen LogP contribution in [0.15, 0.2) is 66.2 Å². The molecule has 0 radical (unpaired) electrons. The SMILES string of the molecule is CCOc1cccc([C@H]2C(=C(O)c3ccc4c(c3)C[C@@H](C)O4)C(=O)C(=O)N2c2nc3ccc(C)cc3s2)c1. The van der Waals surface area contributed by atoms with E-state index in [1.54, 1.807) is 18.2 Å². The van der Waals surface area contributed by atoms with Gasteiger partial charge in [0.2, 0.25) is 0 Å². The fraction of sp³-hybridized carbons (Fsp3) is 0.233. The highest BCUT2D eigenvalue weighted by Crippen LogP contribution is 2.45. The molecule has 1 N–H and O–H groups in total. The summed E-state index contributed by atoms with van der Waals surface area (Å²) in [6.45, 7) is 6.33. The first-order valence-corrected chi connectivity index (χ1v) is 13.4. The van der Waals surface area contributed by atoms with Crippen LogP contribution < -0.4 is 14.4 Å². The molecular formula is C30H26N2O5S. The Labute approximate surface area is 224 Å². The summed E-state index contributed by atoms with van der Waals surface area (Å²) in [5.74, 6) is -0.335. The summed E-state index contributed by atoms with van der Waals surface area (Å²) in [5, 5.41) is 11.9. The predicted octanol–water partition coefficient (Wildman–Crippen LogP) is 5.95. The summed E-state index contributed by atoms with van der Waals surface area (Å²) in [5.41, 5.74) is 3.89. The number of ether oxygens (including phenoxy) is 2. The Balaban J connectivity index is 1.54. The van der Waals surface area contributed by atoms with Crippen molar-refractivity contribution in [3.63, 3.8) is 0 Å². The molecule has 8 heteroatoms. The number of fused-ring (bicyclic) bond motifs is 2. The van der Waals surface area contributed by atoms with E-state index in [0.717, 1.165) is 27.1 Å². The molecular weight excluding hydrogens is 500 g/mol. The van der Waals surface area contributed by atoms with Crippen molar-refractivity contribution in [1.82, 2.24) is 4.98 Å². The van der Waals surface area contributed by atoms with Gasteiger partial charge in [-0.15, -0.1) is 0 Å². The molecule has 1 aromatic heterocycles. The van der Waals surface area contributed by atoms with Crippen LogP contribution in [0.2, 0.25) is 0 Å². The number of rotatable bonds is 5. The summed E-state index contributed by atoms with van der Waals surface area (Å²) in [7, 11) is 0. The first kappa shape index (κ1) is 24.2. The smallest absolute Gasteiger partial charge is 0.301 e. The van der Waals surface area contributed by atoms with Gasteiger partial charge in [0, 0.05) is 12.0 Å². The second-order valence-electron chi connectivity index (χ2n) is 9.60. The Bertz CT molecular complexity index is 1640. The van der Waals surface area contributed by atoms with E-state index in [0.29, 0.717) is 35.0 Å². The lowest BCUT2D eigenvalue weighted by molar-refractivity contribution is -0.132. The molecule has 0 saturated carbocycles. The number of carbonyl (C=O) groups excluding carboxylic acids is 2. The van der Waals surface area contributed by atoms with Gasteiger partial charge in [-0.2, -0.15) is 0 Å². The summed E-state index contributed by atoms with van der Waals surface area (Å²) >= 11 is 1.34. The molecule has 0 unspecified atom stereocenters. The zero-order valence-electron chi connectivity index (χ0n) is 21.2. The maximum Gasteiger partial charge on any atom is 0.301 e. The van der Waals surface area contributed by atoms with E-state index < -0.39 is 17.7 Å². The zero-order valence-corrected chi connectivity index (χ0v) is 22.0. The number of aliphatic hydroxyl groups is 1. The third-order valence-electron chi connectivity index (χ3n) is 6.84. The highest BCUT2D eigenvalue weighted by atomic mass is 32.1. The Morgan fingerprint density at radius 1 is 1.16 bits per heavy atom. The molecule has 2 atom stereocenters. The minimum Gasteiger partial charge on any atom is -0.507 e. The number of thiazole rings is 1. The molecule has 38 heavy (non-hydrogen) atoms. The van der Waals surface area contributed by atoms with E-state index in [4.69, 9.17) is 14.5 Å². The highest BCUT2D eigenvalue weighted by molar-refractivity contribution is 7.22. The van der Waals surface area contributed by atoms with Gasteiger partial charge in [-0.25, -0.2) is 4.98 Å². The van der Waals surface area contributed by atoms with Crippen LogP contribution in [-0.4, -0.2) is 34.5 Å². The Hall–Kier alpha value is -4.17. The monoisotopic (exact) mass is 526 g/mol. The molecule has 1 saturated heterocycles. The van der Waals surface area contributed by atoms with Gasteiger partial charge < -0.3 is 14.6 Å². The number of amides is 1. The van der Waals surface area contributed by atoms with Gasteiger partial charge in [-0.05, 0) is 79.9 Å². The lowest BCUT2D eigenvalue weighted by Crippen LogP contribution is -2.29. The molecule has 1 amide bonds. The topological polar surface area (TPSA) is 89.0 Å². The van der Waals surface area contributed by atoms with E-state index in [1.807, 2.05) is 63.2 Å². The van der Waals surface area contributed by atoms with E-state index in [2.05, 4.69) is 0 Å². The van der Waals surface area contributed by atoms with Crippen LogP contribution in [0.1, 0.15) is 42.1 Å². The summed E-state index contributed by atoms with van der Waals surface area (Å²) < 4.78 is 12.4. The Morgan fingerprint density at radius 3 is 2.82 bits per heavy atom. The second-order valence-corrected chi connectivity index (χ2v) is 10.6. The molecule has 192 valence electrons. The normalized spacial score (nSPS) is 20.1. The highest BCUT2D eigenvalue weighted by Gasteiger charge is 2.48. The summed E-state index contributed by atoms with van der Waals surface area (Å²) in [6.07, 6.45) is 0.743. The Kier molecular flexibility index (Phi) is 5.91. The largest absolute Gasteiger partial charge is 0.507 e. The van der Waals surface area contributed by atoms with Crippen molar-refractivity contribution in [2.24, 2.45) is 0 Å². The third-order valence-corrected chi connectivity index (χ3v) is 7.85. The number of Topliss-reactive ketones (excluding diaryl/α,β-unsaturated/α-hetero) is 1. The van der Waals surface area contributed by atoms with Crippen LogP contribution in [0.5, 0.6) is 11.5 Å². The van der Waals surface area contributed by atoms with Crippen molar-refractivity contribution in [3.8, 4) is 11.5 Å². The van der Waals surface area contributed by atoms with Crippen LogP contribution in [-0.2, 0) is 16.0 Å². The van der Waals surface area contributed by atoms with Crippen LogP contribution in [0.25, 0.3) is 16.0 Å².